The van der Waals surface area contributed by atoms with Crippen LogP contribution in [0.15, 0.2) is 45.7 Å². The summed E-state index contributed by atoms with van der Waals surface area (Å²) in [5.74, 6) is -1.15. The van der Waals surface area contributed by atoms with Crippen LogP contribution in [0.5, 0.6) is 11.6 Å². The van der Waals surface area contributed by atoms with E-state index in [0.717, 1.165) is 12.1 Å². The Bertz CT molecular complexity index is 1240. The Labute approximate surface area is 191 Å². The largest absolute Gasteiger partial charge is 0.495 e. The SMILES string of the molecule is COc1ccc(C(=O)N(C)C)cc1-n1c(C)nc(OCc2ccc(F)cc2F)c(Br)c1=O. The van der Waals surface area contributed by atoms with E-state index in [4.69, 9.17) is 9.47 Å². The summed E-state index contributed by atoms with van der Waals surface area (Å²) >= 11 is 3.19. The number of carbonyl (C=O) groups is 1. The molecule has 0 N–H and O–H groups in total. The van der Waals surface area contributed by atoms with Gasteiger partial charge in [0.1, 0.15) is 34.3 Å². The van der Waals surface area contributed by atoms with Crippen LogP contribution in [0.4, 0.5) is 8.78 Å². The smallest absolute Gasteiger partial charge is 0.276 e. The van der Waals surface area contributed by atoms with E-state index in [9.17, 15) is 18.4 Å². The minimum Gasteiger partial charge on any atom is -0.495 e. The summed E-state index contributed by atoms with van der Waals surface area (Å²) in [4.78, 5) is 31.2. The van der Waals surface area contributed by atoms with Crippen molar-refractivity contribution < 1.29 is 23.0 Å². The Balaban J connectivity index is 2.03. The fourth-order valence-electron chi connectivity index (χ4n) is 3.00. The van der Waals surface area contributed by atoms with Crippen LogP contribution in [-0.4, -0.2) is 41.6 Å². The lowest BCUT2D eigenvalue weighted by Crippen LogP contribution is -2.26. The number of hydrogen-bond acceptors (Lipinski definition) is 5. The molecule has 168 valence electrons. The summed E-state index contributed by atoms with van der Waals surface area (Å²) in [6, 6.07) is 7.85. The van der Waals surface area contributed by atoms with E-state index in [1.807, 2.05) is 0 Å². The molecule has 0 fully saturated rings. The normalized spacial score (nSPS) is 10.7. The van der Waals surface area contributed by atoms with E-state index >= 15 is 0 Å². The first-order chi connectivity index (χ1) is 15.1. The van der Waals surface area contributed by atoms with E-state index in [-0.39, 0.29) is 34.3 Å². The van der Waals surface area contributed by atoms with Crippen LogP contribution in [0.25, 0.3) is 5.69 Å². The standard InChI is InChI=1S/C22H20BrF2N3O4/c1-12-26-20(32-11-14-5-7-15(24)10-16(14)25)19(23)22(30)28(12)17-9-13(21(29)27(2)3)6-8-18(17)31-4/h5-10H,11H2,1-4H3. The van der Waals surface area contributed by atoms with Gasteiger partial charge < -0.3 is 14.4 Å². The van der Waals surface area contributed by atoms with Gasteiger partial charge >= 0.3 is 0 Å². The van der Waals surface area contributed by atoms with Crippen molar-refractivity contribution in [2.24, 2.45) is 0 Å². The maximum atomic E-state index is 13.9. The topological polar surface area (TPSA) is 73.7 Å². The number of aryl methyl sites for hydroxylation is 1. The highest BCUT2D eigenvalue weighted by Gasteiger charge is 2.20. The Hall–Kier alpha value is -3.27. The summed E-state index contributed by atoms with van der Waals surface area (Å²) in [6.45, 7) is 1.33. The summed E-state index contributed by atoms with van der Waals surface area (Å²) in [5.41, 5.74) is 0.283. The van der Waals surface area contributed by atoms with Gasteiger partial charge in [-0.15, -0.1) is 0 Å². The van der Waals surface area contributed by atoms with Crippen LogP contribution >= 0.6 is 15.9 Å². The molecule has 0 spiro atoms. The number of methoxy groups -OCH3 is 1. The van der Waals surface area contributed by atoms with Gasteiger partial charge in [0.15, 0.2) is 0 Å². The third-order valence-electron chi connectivity index (χ3n) is 4.62. The Morgan fingerprint density at radius 3 is 2.53 bits per heavy atom. The van der Waals surface area contributed by atoms with Crippen LogP contribution in [-0.2, 0) is 6.61 Å². The van der Waals surface area contributed by atoms with Gasteiger partial charge in [-0.2, -0.15) is 4.98 Å². The molecule has 1 amide bonds. The Morgan fingerprint density at radius 2 is 1.91 bits per heavy atom. The van der Waals surface area contributed by atoms with E-state index < -0.39 is 17.2 Å². The van der Waals surface area contributed by atoms with Gasteiger partial charge in [0.05, 0.1) is 12.8 Å². The Morgan fingerprint density at radius 1 is 1.19 bits per heavy atom. The van der Waals surface area contributed by atoms with Crippen molar-refractivity contribution in [3.63, 3.8) is 0 Å². The molecular weight excluding hydrogens is 488 g/mol. The van der Waals surface area contributed by atoms with Crippen molar-refractivity contribution in [3.05, 3.63) is 79.8 Å². The van der Waals surface area contributed by atoms with E-state index in [0.29, 0.717) is 17.0 Å². The zero-order chi connectivity index (χ0) is 23.6. The monoisotopic (exact) mass is 507 g/mol. The molecule has 0 aliphatic carbocycles. The van der Waals surface area contributed by atoms with Crippen molar-refractivity contribution in [1.82, 2.24) is 14.5 Å². The number of rotatable bonds is 6. The fraction of sp³-hybridized carbons (Fsp3) is 0.227. The van der Waals surface area contributed by atoms with Crippen LogP contribution in [0, 0.1) is 18.6 Å². The molecule has 7 nitrogen and oxygen atoms in total. The van der Waals surface area contributed by atoms with E-state index in [1.54, 1.807) is 33.2 Å². The van der Waals surface area contributed by atoms with Crippen LogP contribution in [0.1, 0.15) is 21.7 Å². The second-order valence-electron chi connectivity index (χ2n) is 7.03. The number of carbonyl (C=O) groups excluding carboxylic acids is 1. The van der Waals surface area contributed by atoms with Crippen molar-refractivity contribution in [2.45, 2.75) is 13.5 Å². The van der Waals surface area contributed by atoms with Crippen molar-refractivity contribution >= 4 is 21.8 Å². The molecule has 3 rings (SSSR count). The molecule has 0 aliphatic rings. The van der Waals surface area contributed by atoms with Gasteiger partial charge in [0.2, 0.25) is 5.88 Å². The quantitative estimate of drug-likeness (QED) is 0.506. The summed E-state index contributed by atoms with van der Waals surface area (Å²) in [7, 11) is 4.69. The molecule has 0 radical (unpaired) electrons. The molecule has 32 heavy (non-hydrogen) atoms. The second kappa shape index (κ2) is 9.47. The van der Waals surface area contributed by atoms with E-state index in [2.05, 4.69) is 20.9 Å². The lowest BCUT2D eigenvalue weighted by molar-refractivity contribution is 0.0827. The first-order valence-corrected chi connectivity index (χ1v) is 10.2. The molecule has 0 bridgehead atoms. The van der Waals surface area contributed by atoms with Crippen LogP contribution < -0.4 is 15.0 Å². The minimum absolute atomic E-state index is 0.00277. The molecule has 10 heteroatoms. The van der Waals surface area contributed by atoms with Crippen LogP contribution in [0.2, 0.25) is 0 Å². The van der Waals surface area contributed by atoms with Gasteiger partial charge in [-0.3, -0.25) is 14.2 Å². The number of nitrogens with zero attached hydrogens (tertiary/aromatic N) is 3. The highest BCUT2D eigenvalue weighted by molar-refractivity contribution is 9.10. The highest BCUT2D eigenvalue weighted by Crippen LogP contribution is 2.27. The molecule has 2 aromatic carbocycles. The average Bonchev–Trinajstić information content (AvgIpc) is 2.75. The lowest BCUT2D eigenvalue weighted by Gasteiger charge is -2.17. The van der Waals surface area contributed by atoms with Crippen molar-refractivity contribution in [3.8, 4) is 17.3 Å². The molecule has 1 aromatic heterocycles. The molecule has 0 saturated heterocycles. The van der Waals surface area contributed by atoms with Gasteiger partial charge in [-0.1, -0.05) is 0 Å². The number of amides is 1. The third-order valence-corrected chi connectivity index (χ3v) is 5.30. The average molecular weight is 508 g/mol. The van der Waals surface area contributed by atoms with Crippen molar-refractivity contribution in [1.29, 1.82) is 0 Å². The number of ether oxygens (including phenoxy) is 2. The van der Waals surface area contributed by atoms with Crippen molar-refractivity contribution in [2.75, 3.05) is 21.2 Å². The number of benzene rings is 2. The van der Waals surface area contributed by atoms with Gasteiger partial charge in [-0.25, -0.2) is 8.78 Å². The molecular formula is C22H20BrF2N3O4. The maximum absolute atomic E-state index is 13.9. The first-order valence-electron chi connectivity index (χ1n) is 9.40. The maximum Gasteiger partial charge on any atom is 0.276 e. The zero-order valence-electron chi connectivity index (χ0n) is 17.8. The number of hydrogen-bond donors (Lipinski definition) is 0. The first kappa shape index (κ1) is 23.4. The lowest BCUT2D eigenvalue weighted by atomic mass is 10.1. The van der Waals surface area contributed by atoms with Gasteiger partial charge in [0.25, 0.3) is 11.5 Å². The molecule has 3 aromatic rings. The molecule has 0 unspecified atom stereocenters. The summed E-state index contributed by atoms with van der Waals surface area (Å²) in [6.07, 6.45) is 0. The van der Waals surface area contributed by atoms with Gasteiger partial charge in [0, 0.05) is 31.3 Å². The summed E-state index contributed by atoms with van der Waals surface area (Å²) < 4.78 is 39.1. The molecule has 1 heterocycles. The number of halogens is 3. The predicted molar refractivity (Wildman–Crippen MR) is 118 cm³/mol. The molecule has 0 saturated carbocycles. The molecule has 0 atom stereocenters. The van der Waals surface area contributed by atoms with Gasteiger partial charge in [-0.05, 0) is 53.2 Å². The predicted octanol–water partition coefficient (Wildman–Crippen LogP) is 3.87. The van der Waals surface area contributed by atoms with E-state index in [1.165, 1.54) is 28.7 Å². The molecule has 0 aliphatic heterocycles. The Kier molecular flexibility index (Phi) is 6.93. The second-order valence-corrected chi connectivity index (χ2v) is 7.82. The third kappa shape index (κ3) is 4.64. The van der Waals surface area contributed by atoms with Crippen LogP contribution in [0.3, 0.4) is 0 Å². The minimum atomic E-state index is -0.765. The highest BCUT2D eigenvalue weighted by atomic mass is 79.9. The number of aromatic nitrogens is 2. The summed E-state index contributed by atoms with van der Waals surface area (Å²) in [5, 5.41) is 0. The fourth-order valence-corrected chi connectivity index (χ4v) is 3.38. The zero-order valence-corrected chi connectivity index (χ0v) is 19.4.